The van der Waals surface area contributed by atoms with Crippen molar-refractivity contribution in [3.63, 3.8) is 0 Å². The van der Waals surface area contributed by atoms with Crippen molar-refractivity contribution < 1.29 is 0 Å². The first-order valence-corrected chi connectivity index (χ1v) is 3.62. The summed E-state index contributed by atoms with van der Waals surface area (Å²) in [5, 5.41) is 6.69. The van der Waals surface area contributed by atoms with Crippen molar-refractivity contribution in [2.75, 3.05) is 26.4 Å². The largest absolute Gasteiger partial charge is 0.304 e. The molecule has 2 saturated heterocycles. The highest BCUT2D eigenvalue weighted by atomic mass is 15.4. The van der Waals surface area contributed by atoms with Crippen LogP contribution in [0.4, 0.5) is 0 Å². The third-order valence-electron chi connectivity index (χ3n) is 2.18. The summed E-state index contributed by atoms with van der Waals surface area (Å²) in [6, 6.07) is 0.825. The van der Waals surface area contributed by atoms with Gasteiger partial charge in [-0.3, -0.25) is 4.90 Å². The molecule has 1 unspecified atom stereocenters. The fourth-order valence-electron chi connectivity index (χ4n) is 1.59. The number of rotatable bonds is 0. The second kappa shape index (κ2) is 2.25. The third-order valence-corrected chi connectivity index (χ3v) is 2.18. The van der Waals surface area contributed by atoms with E-state index in [2.05, 4.69) is 15.5 Å². The van der Waals surface area contributed by atoms with Crippen molar-refractivity contribution >= 4 is 0 Å². The van der Waals surface area contributed by atoms with E-state index < -0.39 is 0 Å². The minimum atomic E-state index is 0.825. The molecular formula is C6H13N3. The van der Waals surface area contributed by atoms with Crippen LogP contribution in [0.1, 0.15) is 6.42 Å². The highest BCUT2D eigenvalue weighted by Crippen LogP contribution is 2.09. The summed E-state index contributed by atoms with van der Waals surface area (Å²) in [7, 11) is 0. The number of nitrogens with one attached hydrogen (secondary N) is 2. The summed E-state index contributed by atoms with van der Waals surface area (Å²) in [4.78, 5) is 2.45. The molecule has 3 heteroatoms. The summed E-state index contributed by atoms with van der Waals surface area (Å²) < 4.78 is 0. The maximum Gasteiger partial charge on any atom is 0.0496 e. The lowest BCUT2D eigenvalue weighted by atomic mass is 10.2. The highest BCUT2D eigenvalue weighted by Gasteiger charge is 2.25. The lowest BCUT2D eigenvalue weighted by molar-refractivity contribution is 0.191. The number of nitrogens with zero attached hydrogens (tertiary/aromatic N) is 1. The zero-order valence-electron chi connectivity index (χ0n) is 5.56. The Morgan fingerprint density at radius 3 is 3.00 bits per heavy atom. The van der Waals surface area contributed by atoms with E-state index in [1.54, 1.807) is 0 Å². The average molecular weight is 127 g/mol. The number of fused-ring (bicyclic) bond motifs is 1. The SMILES string of the molecule is C1CC2CNCN2CN1. The molecule has 0 aliphatic carbocycles. The minimum Gasteiger partial charge on any atom is -0.304 e. The van der Waals surface area contributed by atoms with Gasteiger partial charge in [0.1, 0.15) is 0 Å². The predicted molar refractivity (Wildman–Crippen MR) is 36.0 cm³/mol. The zero-order chi connectivity index (χ0) is 6.10. The first-order chi connectivity index (χ1) is 4.47. The fourth-order valence-corrected chi connectivity index (χ4v) is 1.59. The van der Waals surface area contributed by atoms with E-state index in [0.29, 0.717) is 0 Å². The quantitative estimate of drug-likeness (QED) is 0.444. The smallest absolute Gasteiger partial charge is 0.0496 e. The molecule has 0 bridgehead atoms. The highest BCUT2D eigenvalue weighted by molar-refractivity contribution is 4.82. The summed E-state index contributed by atoms with van der Waals surface area (Å²) in [6.45, 7) is 4.56. The topological polar surface area (TPSA) is 27.3 Å². The molecule has 2 fully saturated rings. The van der Waals surface area contributed by atoms with Crippen LogP contribution in [-0.4, -0.2) is 37.4 Å². The minimum absolute atomic E-state index is 0.825. The Bertz CT molecular complexity index is 92.5. The van der Waals surface area contributed by atoms with E-state index in [4.69, 9.17) is 0 Å². The van der Waals surface area contributed by atoms with Crippen molar-refractivity contribution in [3.05, 3.63) is 0 Å². The molecule has 0 spiro atoms. The van der Waals surface area contributed by atoms with Gasteiger partial charge in [-0.15, -0.1) is 0 Å². The van der Waals surface area contributed by atoms with Crippen LogP contribution in [0.3, 0.4) is 0 Å². The monoisotopic (exact) mass is 127 g/mol. The van der Waals surface area contributed by atoms with Crippen LogP contribution in [0.2, 0.25) is 0 Å². The molecule has 0 aromatic carbocycles. The van der Waals surface area contributed by atoms with E-state index in [-0.39, 0.29) is 0 Å². The van der Waals surface area contributed by atoms with Crippen molar-refractivity contribution in [2.24, 2.45) is 0 Å². The van der Waals surface area contributed by atoms with Crippen molar-refractivity contribution in [3.8, 4) is 0 Å². The normalized spacial score (nSPS) is 36.7. The standard InChI is InChI=1S/C6H13N3/c1-2-7-4-9-5-8-3-6(1)9/h6-8H,1-5H2. The molecule has 0 radical (unpaired) electrons. The van der Waals surface area contributed by atoms with Crippen LogP contribution >= 0.6 is 0 Å². The van der Waals surface area contributed by atoms with Crippen LogP contribution in [-0.2, 0) is 0 Å². The van der Waals surface area contributed by atoms with Crippen LogP contribution in [0.15, 0.2) is 0 Å². The summed E-state index contributed by atoms with van der Waals surface area (Å²) >= 11 is 0. The van der Waals surface area contributed by atoms with Crippen LogP contribution in [0, 0.1) is 0 Å². The van der Waals surface area contributed by atoms with Gasteiger partial charge < -0.3 is 10.6 Å². The van der Waals surface area contributed by atoms with Crippen LogP contribution in [0.5, 0.6) is 0 Å². The van der Waals surface area contributed by atoms with Gasteiger partial charge in [-0.2, -0.15) is 0 Å². The Kier molecular flexibility index (Phi) is 1.41. The van der Waals surface area contributed by atoms with Gasteiger partial charge in [0.05, 0.1) is 0 Å². The van der Waals surface area contributed by atoms with Crippen molar-refractivity contribution in [1.29, 1.82) is 0 Å². The molecule has 52 valence electrons. The Labute approximate surface area is 55.4 Å². The second-order valence-corrected chi connectivity index (χ2v) is 2.80. The van der Waals surface area contributed by atoms with Crippen molar-refractivity contribution in [2.45, 2.75) is 12.5 Å². The Hall–Kier alpha value is -0.120. The Morgan fingerprint density at radius 2 is 2.11 bits per heavy atom. The first kappa shape index (κ1) is 5.65. The first-order valence-electron chi connectivity index (χ1n) is 3.62. The molecule has 9 heavy (non-hydrogen) atoms. The number of hydrogen-bond donors (Lipinski definition) is 2. The molecule has 0 aromatic heterocycles. The lowest BCUT2D eigenvalue weighted by Gasteiger charge is -2.28. The van der Waals surface area contributed by atoms with E-state index in [1.165, 1.54) is 19.5 Å². The molecule has 0 aromatic rings. The van der Waals surface area contributed by atoms with Crippen LogP contribution in [0.25, 0.3) is 0 Å². The molecular weight excluding hydrogens is 114 g/mol. The van der Waals surface area contributed by atoms with Gasteiger partial charge in [0.15, 0.2) is 0 Å². The maximum atomic E-state index is 3.35. The van der Waals surface area contributed by atoms with Gasteiger partial charge in [-0.05, 0) is 13.0 Å². The molecule has 2 heterocycles. The molecule has 2 N–H and O–H groups in total. The van der Waals surface area contributed by atoms with Gasteiger partial charge in [0.25, 0.3) is 0 Å². The second-order valence-electron chi connectivity index (χ2n) is 2.80. The van der Waals surface area contributed by atoms with E-state index in [1.807, 2.05) is 0 Å². The zero-order valence-corrected chi connectivity index (χ0v) is 5.56. The third kappa shape index (κ3) is 0.956. The van der Waals surface area contributed by atoms with E-state index >= 15 is 0 Å². The van der Waals surface area contributed by atoms with Gasteiger partial charge in [-0.1, -0.05) is 0 Å². The predicted octanol–water partition coefficient (Wildman–Crippen LogP) is -0.831. The molecule has 0 amide bonds. The van der Waals surface area contributed by atoms with E-state index in [0.717, 1.165) is 19.4 Å². The van der Waals surface area contributed by atoms with Crippen molar-refractivity contribution in [1.82, 2.24) is 15.5 Å². The molecule has 1 atom stereocenters. The number of hydrogen-bond acceptors (Lipinski definition) is 3. The van der Waals surface area contributed by atoms with Crippen LogP contribution < -0.4 is 10.6 Å². The van der Waals surface area contributed by atoms with Gasteiger partial charge in [0.2, 0.25) is 0 Å². The summed E-state index contributed by atoms with van der Waals surface area (Å²) in [6.07, 6.45) is 1.31. The van der Waals surface area contributed by atoms with Gasteiger partial charge in [0, 0.05) is 25.9 Å². The summed E-state index contributed by atoms with van der Waals surface area (Å²) in [5.41, 5.74) is 0. The Balaban J connectivity index is 1.97. The van der Waals surface area contributed by atoms with E-state index in [9.17, 15) is 0 Å². The molecule has 3 nitrogen and oxygen atoms in total. The van der Waals surface area contributed by atoms with Gasteiger partial charge >= 0.3 is 0 Å². The Morgan fingerprint density at radius 1 is 1.22 bits per heavy atom. The average Bonchev–Trinajstić information content (AvgIpc) is 2.33. The molecule has 2 aliphatic heterocycles. The molecule has 2 rings (SSSR count). The maximum absolute atomic E-state index is 3.35. The van der Waals surface area contributed by atoms with Gasteiger partial charge in [-0.25, -0.2) is 0 Å². The molecule has 2 aliphatic rings. The molecule has 0 saturated carbocycles. The lowest BCUT2D eigenvalue weighted by Crippen LogP contribution is -2.45. The fraction of sp³-hybridized carbons (Fsp3) is 1.00. The summed E-state index contributed by atoms with van der Waals surface area (Å²) in [5.74, 6) is 0.